The second kappa shape index (κ2) is 10.5. The molecule has 0 aliphatic heterocycles. The second-order valence-corrected chi connectivity index (χ2v) is 9.16. The van der Waals surface area contributed by atoms with Crippen LogP contribution in [-0.4, -0.2) is 27.2 Å². The molecule has 0 saturated heterocycles. The highest BCUT2D eigenvalue weighted by atomic mass is 32.2. The zero-order valence-electron chi connectivity index (χ0n) is 19.1. The van der Waals surface area contributed by atoms with Crippen LogP contribution in [-0.2, 0) is 0 Å². The monoisotopic (exact) mass is 496 g/mol. The molecule has 178 valence electrons. The molecule has 0 amide bonds. The number of nitrogens with zero attached hydrogens (tertiary/aromatic N) is 4. The van der Waals surface area contributed by atoms with Crippen LogP contribution >= 0.6 is 11.8 Å². The Kier molecular flexibility index (Phi) is 6.86. The van der Waals surface area contributed by atoms with Gasteiger partial charge in [-0.3, -0.25) is 10.1 Å². The molecule has 0 aliphatic rings. The van der Waals surface area contributed by atoms with Gasteiger partial charge in [0.25, 0.3) is 5.69 Å². The Morgan fingerprint density at radius 1 is 0.861 bits per heavy atom. The van der Waals surface area contributed by atoms with E-state index < -0.39 is 0 Å². The molecule has 0 bridgehead atoms. The van der Waals surface area contributed by atoms with Gasteiger partial charge >= 0.3 is 0 Å². The summed E-state index contributed by atoms with van der Waals surface area (Å²) >= 11 is 1.67. The highest BCUT2D eigenvalue weighted by Crippen LogP contribution is 2.37. The number of benzene rings is 4. The van der Waals surface area contributed by atoms with E-state index in [1.807, 2.05) is 53.4 Å². The quantitative estimate of drug-likeness (QED) is 0.128. The van der Waals surface area contributed by atoms with Gasteiger partial charge in [0.2, 0.25) is 0 Å². The highest BCUT2D eigenvalue weighted by molar-refractivity contribution is 7.99. The molecule has 0 saturated carbocycles. The van der Waals surface area contributed by atoms with E-state index in [2.05, 4.69) is 9.97 Å². The Hall–Kier alpha value is -4.30. The van der Waals surface area contributed by atoms with Crippen molar-refractivity contribution in [3.8, 4) is 11.1 Å². The van der Waals surface area contributed by atoms with E-state index in [-0.39, 0.29) is 16.4 Å². The van der Waals surface area contributed by atoms with E-state index in [9.17, 15) is 14.5 Å². The molecule has 8 heteroatoms. The van der Waals surface area contributed by atoms with Crippen molar-refractivity contribution in [3.05, 3.63) is 119 Å². The third-order valence-corrected chi connectivity index (χ3v) is 6.74. The van der Waals surface area contributed by atoms with Crippen LogP contribution in [0.15, 0.2) is 108 Å². The largest absolute Gasteiger partial charge is 0.319 e. The molecule has 0 atom stereocenters. The van der Waals surface area contributed by atoms with Crippen molar-refractivity contribution in [1.82, 2.24) is 9.97 Å². The molecule has 0 aliphatic carbocycles. The number of fused-ring (bicyclic) bond motifs is 1. The number of para-hydroxylation sites is 2. The van der Waals surface area contributed by atoms with Crippen LogP contribution in [0.3, 0.4) is 0 Å². The molecule has 4 aromatic carbocycles. The van der Waals surface area contributed by atoms with E-state index in [4.69, 9.17) is 0 Å². The van der Waals surface area contributed by atoms with Gasteiger partial charge in [-0.2, -0.15) is 0 Å². The van der Waals surface area contributed by atoms with Gasteiger partial charge in [0.1, 0.15) is 23.6 Å². The third-order valence-electron chi connectivity index (χ3n) is 5.74. The van der Waals surface area contributed by atoms with E-state index in [0.29, 0.717) is 29.3 Å². The van der Waals surface area contributed by atoms with Gasteiger partial charge < -0.3 is 4.90 Å². The maximum atomic E-state index is 13.4. The van der Waals surface area contributed by atoms with Crippen molar-refractivity contribution < 1.29 is 9.31 Å². The lowest BCUT2D eigenvalue weighted by Gasteiger charge is -2.24. The molecule has 5 rings (SSSR count). The fourth-order valence-electron chi connectivity index (χ4n) is 4.04. The van der Waals surface area contributed by atoms with Gasteiger partial charge in [-0.05, 0) is 53.6 Å². The number of thioether (sulfide) groups is 1. The van der Waals surface area contributed by atoms with Crippen molar-refractivity contribution in [2.75, 3.05) is 17.2 Å². The van der Waals surface area contributed by atoms with Crippen molar-refractivity contribution >= 4 is 39.9 Å². The fraction of sp³-hybridized carbons (Fsp3) is 0.0714. The average Bonchev–Trinajstić information content (AvgIpc) is 2.91. The first-order valence-corrected chi connectivity index (χ1v) is 12.3. The first-order chi connectivity index (χ1) is 17.6. The van der Waals surface area contributed by atoms with Gasteiger partial charge in [0.05, 0.1) is 10.4 Å². The number of nitro groups is 1. The van der Waals surface area contributed by atoms with Gasteiger partial charge in [-0.15, -0.1) is 11.8 Å². The number of aromatic nitrogens is 2. The van der Waals surface area contributed by atoms with Crippen molar-refractivity contribution in [1.29, 1.82) is 0 Å². The molecular formula is C28H21FN4O2S. The van der Waals surface area contributed by atoms with E-state index in [1.54, 1.807) is 42.1 Å². The number of hydrogen-bond acceptors (Lipinski definition) is 6. The van der Waals surface area contributed by atoms with Crippen LogP contribution in [0, 0.1) is 15.9 Å². The summed E-state index contributed by atoms with van der Waals surface area (Å²) in [4.78, 5) is 23.5. The summed E-state index contributed by atoms with van der Waals surface area (Å²) in [7, 11) is 0. The Morgan fingerprint density at radius 2 is 1.58 bits per heavy atom. The van der Waals surface area contributed by atoms with Crippen LogP contribution in [0.2, 0.25) is 0 Å². The summed E-state index contributed by atoms with van der Waals surface area (Å²) < 4.78 is 13.4. The van der Waals surface area contributed by atoms with E-state index >= 15 is 0 Å². The van der Waals surface area contributed by atoms with E-state index in [1.165, 1.54) is 24.5 Å². The first kappa shape index (κ1) is 23.4. The Balaban J connectivity index is 1.55. The second-order valence-electron chi connectivity index (χ2n) is 8.00. The average molecular weight is 497 g/mol. The van der Waals surface area contributed by atoms with E-state index in [0.717, 1.165) is 21.4 Å². The van der Waals surface area contributed by atoms with Crippen LogP contribution in [0.5, 0.6) is 0 Å². The van der Waals surface area contributed by atoms with Crippen molar-refractivity contribution in [3.63, 3.8) is 0 Å². The van der Waals surface area contributed by atoms with Crippen molar-refractivity contribution in [2.24, 2.45) is 0 Å². The highest BCUT2D eigenvalue weighted by Gasteiger charge is 2.23. The van der Waals surface area contributed by atoms with Crippen LogP contribution in [0.1, 0.15) is 0 Å². The lowest BCUT2D eigenvalue weighted by molar-refractivity contribution is -0.384. The molecule has 0 N–H and O–H groups in total. The van der Waals surface area contributed by atoms with Crippen molar-refractivity contribution in [2.45, 2.75) is 4.90 Å². The number of rotatable bonds is 8. The minimum absolute atomic E-state index is 0.0110. The third kappa shape index (κ3) is 5.04. The van der Waals surface area contributed by atoms with Gasteiger partial charge in [0.15, 0.2) is 0 Å². The predicted octanol–water partition coefficient (Wildman–Crippen LogP) is 7.27. The van der Waals surface area contributed by atoms with Crippen LogP contribution < -0.4 is 4.90 Å². The smallest absolute Gasteiger partial charge is 0.292 e. The molecule has 1 heterocycles. The summed E-state index contributed by atoms with van der Waals surface area (Å²) in [6.45, 7) is 0.496. The molecular weight excluding hydrogens is 475 g/mol. The normalized spacial score (nSPS) is 10.9. The Bertz CT molecular complexity index is 1510. The molecule has 0 radical (unpaired) electrons. The Labute approximate surface area is 211 Å². The maximum Gasteiger partial charge on any atom is 0.292 e. The Morgan fingerprint density at radius 3 is 2.36 bits per heavy atom. The zero-order valence-corrected chi connectivity index (χ0v) is 19.9. The summed E-state index contributed by atoms with van der Waals surface area (Å²) in [6.07, 6.45) is 1.47. The molecule has 6 nitrogen and oxygen atoms in total. The van der Waals surface area contributed by atoms with Gasteiger partial charge in [-0.25, -0.2) is 14.4 Å². The van der Waals surface area contributed by atoms with Crippen LogP contribution in [0.4, 0.5) is 21.6 Å². The van der Waals surface area contributed by atoms with Crippen LogP contribution in [0.25, 0.3) is 22.0 Å². The molecule has 0 unspecified atom stereocenters. The molecule has 0 spiro atoms. The minimum atomic E-state index is -0.372. The number of anilines is 2. The standard InChI is InChI=1S/C28H21FN4O2S/c29-22-13-10-20(11-14-22)21-12-15-24-25(18-21)30-19-31-28(24)32(16-17-36-23-6-2-1-3-7-23)26-8-4-5-9-27(26)33(34)35/h1-15,18-19H,16-17H2. The summed E-state index contributed by atoms with van der Waals surface area (Å²) in [5.74, 6) is 0.987. The van der Waals surface area contributed by atoms with Gasteiger partial charge in [0, 0.05) is 28.6 Å². The SMILES string of the molecule is O=[N+]([O-])c1ccccc1N(CCSc1ccccc1)c1ncnc2cc(-c3ccc(F)cc3)ccc12. The first-order valence-electron chi connectivity index (χ1n) is 11.3. The fourth-order valence-corrected chi connectivity index (χ4v) is 4.90. The zero-order chi connectivity index (χ0) is 24.9. The lowest BCUT2D eigenvalue weighted by Crippen LogP contribution is -2.22. The summed E-state index contributed by atoms with van der Waals surface area (Å²) in [6, 6.07) is 28.8. The van der Waals surface area contributed by atoms with Gasteiger partial charge in [-0.1, -0.05) is 48.5 Å². The topological polar surface area (TPSA) is 72.2 Å². The molecule has 5 aromatic rings. The molecule has 36 heavy (non-hydrogen) atoms. The number of nitro benzene ring substituents is 1. The molecule has 0 fully saturated rings. The molecule has 1 aromatic heterocycles. The summed E-state index contributed by atoms with van der Waals surface area (Å²) in [5, 5.41) is 12.6. The minimum Gasteiger partial charge on any atom is -0.319 e. The maximum absolute atomic E-state index is 13.4. The summed E-state index contributed by atoms with van der Waals surface area (Å²) in [5.41, 5.74) is 2.94. The number of halogens is 1. The lowest BCUT2D eigenvalue weighted by atomic mass is 10.0. The predicted molar refractivity (Wildman–Crippen MR) is 142 cm³/mol. The number of hydrogen-bond donors (Lipinski definition) is 0.